The second-order valence-corrected chi connectivity index (χ2v) is 13.1. The first-order chi connectivity index (χ1) is 21.1. The molecule has 2 aliphatic heterocycles. The van der Waals surface area contributed by atoms with E-state index in [-0.39, 0.29) is 10.8 Å². The fourth-order valence-corrected chi connectivity index (χ4v) is 6.05. The number of oxime groups is 1. The first-order valence-electron chi connectivity index (χ1n) is 13.7. The number of nitrogens with one attached hydrogen (secondary N) is 1. The minimum absolute atomic E-state index is 0.0105. The number of carboxylic acids is 1. The number of amides is 1. The number of carboxylic acid groups (broad SMARTS) is 1. The van der Waals surface area contributed by atoms with Gasteiger partial charge in [0.05, 0.1) is 23.9 Å². The molecule has 0 saturated carbocycles. The summed E-state index contributed by atoms with van der Waals surface area (Å²) in [6, 6.07) is 5.36. The molecule has 5 rings (SSSR count). The molecule has 3 aromatic rings. The van der Waals surface area contributed by atoms with Gasteiger partial charge in [0.25, 0.3) is 12.0 Å². The molecule has 5 N–H and O–H groups in total. The van der Waals surface area contributed by atoms with Crippen LogP contribution in [0.25, 0.3) is 10.9 Å². The van der Waals surface area contributed by atoms with Crippen molar-refractivity contribution in [2.24, 2.45) is 24.0 Å². The Morgan fingerprint density at radius 3 is 2.64 bits per heavy atom. The van der Waals surface area contributed by atoms with Crippen LogP contribution in [0.4, 0.5) is 5.13 Å². The van der Waals surface area contributed by atoms with Crippen molar-refractivity contribution in [1.82, 2.24) is 20.0 Å². The predicted molar refractivity (Wildman–Crippen MR) is 157 cm³/mol. The number of benzene rings is 1. The number of nitrogens with zero attached hydrogens (tertiary/aromatic N) is 5. The van der Waals surface area contributed by atoms with Crippen molar-refractivity contribution < 1.29 is 51.0 Å². The standard InChI is InChI=1S/C26H31N7O10S2/c1-26(2)17(23(35)33(26)43-45(38,39)40)7-20(34)22(18-13-44-25(27)29-18)30-42-21(24(36)37)12-41-16-4-5-19-15(6-16)11-32(31(19)3)10-14-8-28-9-14/h4-6,11,13-14,17,21,28H,7-10,12H2,1-3H3,(H3-,27,29,36,37,38,39,40)/p+1/b30-22-/t17-,21-/m1/s1. The number of carbonyl (C=O) groups is 3. The van der Waals surface area contributed by atoms with Crippen molar-refractivity contribution >= 4 is 61.1 Å². The van der Waals surface area contributed by atoms with Gasteiger partial charge in [-0.3, -0.25) is 14.1 Å². The molecule has 2 saturated heterocycles. The van der Waals surface area contributed by atoms with E-state index in [1.165, 1.54) is 19.2 Å². The van der Waals surface area contributed by atoms with Crippen LogP contribution < -0.4 is 20.5 Å². The average molecular weight is 667 g/mol. The van der Waals surface area contributed by atoms with Crippen LogP contribution in [-0.4, -0.2) is 87.5 Å². The normalized spacial score (nSPS) is 19.2. The second kappa shape index (κ2) is 12.3. The molecule has 0 aliphatic carbocycles. The quantitative estimate of drug-likeness (QED) is 0.0580. The minimum Gasteiger partial charge on any atom is -0.489 e. The van der Waals surface area contributed by atoms with Crippen molar-refractivity contribution in [3.05, 3.63) is 35.5 Å². The lowest BCUT2D eigenvalue weighted by Crippen LogP contribution is -2.68. The molecule has 17 nitrogen and oxygen atoms in total. The fourth-order valence-electron chi connectivity index (χ4n) is 5.04. The summed E-state index contributed by atoms with van der Waals surface area (Å²) in [5, 5.41) is 19.7. The van der Waals surface area contributed by atoms with Crippen LogP contribution in [0.2, 0.25) is 0 Å². The molecule has 45 heavy (non-hydrogen) atoms. The molecular weight excluding hydrogens is 634 g/mol. The second-order valence-electron chi connectivity index (χ2n) is 11.2. The number of nitrogen functional groups attached to an aromatic ring is 1. The van der Waals surface area contributed by atoms with E-state index in [0.29, 0.717) is 16.7 Å². The molecule has 2 atom stereocenters. The number of β-lactam (4-membered cyclic amide) rings is 1. The van der Waals surface area contributed by atoms with Crippen molar-refractivity contribution in [2.45, 2.75) is 38.5 Å². The Balaban J connectivity index is 1.29. The summed E-state index contributed by atoms with van der Waals surface area (Å²) in [5.74, 6) is -3.16. The Morgan fingerprint density at radius 2 is 2.07 bits per heavy atom. The zero-order chi connectivity index (χ0) is 32.7. The van der Waals surface area contributed by atoms with Gasteiger partial charge in [-0.05, 0) is 32.0 Å². The van der Waals surface area contributed by atoms with Gasteiger partial charge in [0.2, 0.25) is 6.20 Å². The van der Waals surface area contributed by atoms with E-state index in [1.54, 1.807) is 12.1 Å². The molecule has 242 valence electrons. The first kappa shape index (κ1) is 32.2. The summed E-state index contributed by atoms with van der Waals surface area (Å²) in [6.45, 7) is 5.19. The highest BCUT2D eigenvalue weighted by Crippen LogP contribution is 2.40. The highest BCUT2D eigenvalue weighted by molar-refractivity contribution is 7.80. The zero-order valence-electron chi connectivity index (χ0n) is 24.4. The third-order valence-corrected chi connectivity index (χ3v) is 8.75. The zero-order valence-corrected chi connectivity index (χ0v) is 26.1. The maximum Gasteiger partial charge on any atom is 0.418 e. The number of ketones is 1. The van der Waals surface area contributed by atoms with E-state index in [1.807, 2.05) is 24.0 Å². The van der Waals surface area contributed by atoms with Gasteiger partial charge in [-0.2, -0.15) is 18.2 Å². The largest absolute Gasteiger partial charge is 0.489 e. The average Bonchev–Trinajstić information content (AvgIpc) is 3.50. The van der Waals surface area contributed by atoms with Crippen molar-refractivity contribution in [3.8, 4) is 5.75 Å². The van der Waals surface area contributed by atoms with E-state index in [0.717, 1.165) is 41.9 Å². The SMILES string of the molecule is Cn1c2ccc(OC[C@@H](O/N=C(\C(=O)C[C@@H]3C(=O)N(OS(=O)(=O)O)C3(C)C)c3csc(N)n3)C(=O)O)cc2c[n+]1CC1CNC1. The number of thiazole rings is 1. The van der Waals surface area contributed by atoms with E-state index >= 15 is 0 Å². The third-order valence-electron chi connectivity index (χ3n) is 7.74. The molecular formula is C26H32N7O10S2+. The smallest absolute Gasteiger partial charge is 0.418 e. The van der Waals surface area contributed by atoms with E-state index < -0.39 is 64.4 Å². The van der Waals surface area contributed by atoms with Crippen LogP contribution in [-0.2, 0) is 47.5 Å². The summed E-state index contributed by atoms with van der Waals surface area (Å²) in [6.07, 6.45) is -0.124. The first-order valence-corrected chi connectivity index (χ1v) is 15.9. The van der Waals surface area contributed by atoms with Crippen molar-refractivity contribution in [3.63, 3.8) is 0 Å². The Bertz CT molecular complexity index is 1780. The number of anilines is 1. The van der Waals surface area contributed by atoms with Crippen molar-refractivity contribution in [2.75, 3.05) is 25.4 Å². The van der Waals surface area contributed by atoms with Crippen LogP contribution in [0.1, 0.15) is 26.0 Å². The summed E-state index contributed by atoms with van der Waals surface area (Å²) in [5.41, 5.74) is 4.97. The number of carbonyl (C=O) groups excluding carboxylic acids is 2. The van der Waals surface area contributed by atoms with E-state index in [4.69, 9.17) is 19.9 Å². The Morgan fingerprint density at radius 1 is 1.33 bits per heavy atom. The van der Waals surface area contributed by atoms with Crippen LogP contribution in [0.3, 0.4) is 0 Å². The molecule has 0 radical (unpaired) electrons. The van der Waals surface area contributed by atoms with Gasteiger partial charge in [0, 0.05) is 30.8 Å². The lowest BCUT2D eigenvalue weighted by molar-refractivity contribution is -0.776. The number of Topliss-reactive ketones (excluding diaryl/α,β-unsaturated/α-hetero) is 1. The number of ether oxygens (including phenoxy) is 1. The number of rotatable bonds is 14. The summed E-state index contributed by atoms with van der Waals surface area (Å²) in [7, 11) is -3.02. The number of hydrogen-bond acceptors (Lipinski definition) is 13. The highest BCUT2D eigenvalue weighted by Gasteiger charge is 2.57. The molecule has 1 amide bonds. The van der Waals surface area contributed by atoms with E-state index in [9.17, 15) is 27.9 Å². The lowest BCUT2D eigenvalue weighted by Gasteiger charge is -2.50. The van der Waals surface area contributed by atoms with Crippen LogP contribution in [0, 0.1) is 11.8 Å². The lowest BCUT2D eigenvalue weighted by atomic mass is 9.74. The van der Waals surface area contributed by atoms with Gasteiger partial charge in [0.15, 0.2) is 23.2 Å². The number of aliphatic carboxylic acids is 1. The Kier molecular flexibility index (Phi) is 8.82. The molecule has 2 aliphatic rings. The molecule has 0 spiro atoms. The van der Waals surface area contributed by atoms with Crippen LogP contribution in [0.5, 0.6) is 5.75 Å². The predicted octanol–water partition coefficient (Wildman–Crippen LogP) is -0.0926. The third kappa shape index (κ3) is 6.91. The van der Waals surface area contributed by atoms with Gasteiger partial charge >= 0.3 is 16.4 Å². The molecule has 0 unspecified atom stereocenters. The highest BCUT2D eigenvalue weighted by atomic mass is 32.3. The van der Waals surface area contributed by atoms with Gasteiger partial charge in [-0.15, -0.1) is 20.3 Å². The number of nitrogens with two attached hydrogens (primary N) is 1. The minimum atomic E-state index is -4.98. The number of aryl methyl sites for hydroxylation is 1. The van der Waals surface area contributed by atoms with Crippen LogP contribution in [0.15, 0.2) is 34.9 Å². The van der Waals surface area contributed by atoms with Gasteiger partial charge < -0.3 is 25.7 Å². The van der Waals surface area contributed by atoms with Crippen LogP contribution >= 0.6 is 11.3 Å². The summed E-state index contributed by atoms with van der Waals surface area (Å²) in [4.78, 5) is 47.2. The monoisotopic (exact) mass is 666 g/mol. The van der Waals surface area contributed by atoms with E-state index in [2.05, 4.69) is 24.4 Å². The number of aromatic nitrogens is 3. The summed E-state index contributed by atoms with van der Waals surface area (Å²) >= 11 is 0.996. The van der Waals surface area contributed by atoms with Gasteiger partial charge in [-0.1, -0.05) is 5.16 Å². The summed E-state index contributed by atoms with van der Waals surface area (Å²) < 4.78 is 45.4. The number of hydrogen-bond donors (Lipinski definition) is 4. The molecule has 0 bridgehead atoms. The molecule has 2 fully saturated rings. The molecule has 2 aromatic heterocycles. The van der Waals surface area contributed by atoms with Gasteiger partial charge in [-0.25, -0.2) is 9.78 Å². The molecule has 4 heterocycles. The molecule has 1 aromatic carbocycles. The number of fused-ring (bicyclic) bond motifs is 1. The topological polar surface area (TPSA) is 229 Å². The van der Waals surface area contributed by atoms with Gasteiger partial charge in [0.1, 0.15) is 23.6 Å². The Labute approximate surface area is 261 Å². The molecule has 19 heteroatoms. The fraction of sp³-hybridized carbons (Fsp3) is 0.462. The maximum atomic E-state index is 13.3. The number of hydroxylamine groups is 2. The Hall–Kier alpha value is -4.17. The van der Waals surface area contributed by atoms with Crippen molar-refractivity contribution in [1.29, 1.82) is 0 Å². The maximum absolute atomic E-state index is 13.3.